The van der Waals surface area contributed by atoms with Crippen LogP contribution in [0.15, 0.2) is 12.7 Å². The molecule has 1 N–H and O–H groups in total. The number of hydrogen-bond donors (Lipinski definition) is 1. The number of hydrogen-bond acceptors (Lipinski definition) is 2. The van der Waals surface area contributed by atoms with Crippen molar-refractivity contribution in [2.75, 3.05) is 19.6 Å². The van der Waals surface area contributed by atoms with E-state index in [0.29, 0.717) is 19.0 Å². The van der Waals surface area contributed by atoms with Gasteiger partial charge in [-0.3, -0.25) is 9.59 Å². The van der Waals surface area contributed by atoms with Gasteiger partial charge >= 0.3 is 0 Å². The van der Waals surface area contributed by atoms with E-state index in [0.717, 1.165) is 0 Å². The summed E-state index contributed by atoms with van der Waals surface area (Å²) in [5.74, 6) is 0.143. The lowest BCUT2D eigenvalue weighted by Gasteiger charge is -2.22. The van der Waals surface area contributed by atoms with E-state index in [1.807, 2.05) is 13.8 Å². The van der Waals surface area contributed by atoms with Crippen molar-refractivity contribution in [3.05, 3.63) is 12.7 Å². The van der Waals surface area contributed by atoms with Crippen LogP contribution in [0.25, 0.3) is 0 Å². The van der Waals surface area contributed by atoms with Crippen molar-refractivity contribution in [1.29, 1.82) is 0 Å². The molecular weight excluding hydrogens is 192 g/mol. The molecule has 15 heavy (non-hydrogen) atoms. The van der Waals surface area contributed by atoms with Crippen LogP contribution in [0.2, 0.25) is 0 Å². The van der Waals surface area contributed by atoms with E-state index in [1.165, 1.54) is 6.92 Å². The van der Waals surface area contributed by atoms with E-state index in [1.54, 1.807) is 11.0 Å². The van der Waals surface area contributed by atoms with Gasteiger partial charge in [0, 0.05) is 20.0 Å². The number of carbonyl (C=O) groups excluding carboxylic acids is 2. The number of rotatable bonds is 6. The van der Waals surface area contributed by atoms with Gasteiger partial charge in [0.25, 0.3) is 0 Å². The van der Waals surface area contributed by atoms with E-state index in [9.17, 15) is 9.59 Å². The van der Waals surface area contributed by atoms with Crippen molar-refractivity contribution >= 4 is 11.8 Å². The van der Waals surface area contributed by atoms with E-state index in [2.05, 4.69) is 11.9 Å². The molecule has 0 unspecified atom stereocenters. The molecule has 0 radical (unpaired) electrons. The normalized spacial score (nSPS) is 9.87. The third-order valence-electron chi connectivity index (χ3n) is 1.81. The molecule has 0 saturated carbocycles. The van der Waals surface area contributed by atoms with Gasteiger partial charge < -0.3 is 10.2 Å². The molecule has 4 heteroatoms. The third-order valence-corrected chi connectivity index (χ3v) is 1.81. The summed E-state index contributed by atoms with van der Waals surface area (Å²) < 4.78 is 0. The molecule has 2 amide bonds. The summed E-state index contributed by atoms with van der Waals surface area (Å²) in [4.78, 5) is 24.1. The van der Waals surface area contributed by atoms with Crippen LogP contribution in [0.3, 0.4) is 0 Å². The number of carbonyl (C=O) groups is 2. The minimum atomic E-state index is -0.147. The summed E-state index contributed by atoms with van der Waals surface area (Å²) >= 11 is 0. The number of nitrogens with one attached hydrogen (secondary N) is 1. The largest absolute Gasteiger partial charge is 0.351 e. The minimum Gasteiger partial charge on any atom is -0.351 e. The average Bonchev–Trinajstić information content (AvgIpc) is 2.12. The second-order valence-corrected chi connectivity index (χ2v) is 3.89. The van der Waals surface area contributed by atoms with Crippen LogP contribution < -0.4 is 5.32 Å². The second-order valence-electron chi connectivity index (χ2n) is 3.89. The SMILES string of the molecule is C=CCNC(=O)CN(CC(C)C)C(C)=O. The lowest BCUT2D eigenvalue weighted by molar-refractivity contribution is -0.134. The molecule has 0 aliphatic carbocycles. The first-order valence-corrected chi connectivity index (χ1v) is 5.10. The molecule has 0 saturated heterocycles. The van der Waals surface area contributed by atoms with Crippen LogP contribution in [0.4, 0.5) is 0 Å². The lowest BCUT2D eigenvalue weighted by atomic mass is 10.2. The van der Waals surface area contributed by atoms with E-state index >= 15 is 0 Å². The van der Waals surface area contributed by atoms with Crippen molar-refractivity contribution in [3.63, 3.8) is 0 Å². The number of nitrogens with zero attached hydrogens (tertiary/aromatic N) is 1. The van der Waals surface area contributed by atoms with Crippen LogP contribution in [-0.2, 0) is 9.59 Å². The van der Waals surface area contributed by atoms with Crippen molar-refractivity contribution < 1.29 is 9.59 Å². The first-order chi connectivity index (χ1) is 6.97. The maximum absolute atomic E-state index is 11.3. The van der Waals surface area contributed by atoms with Gasteiger partial charge in [0.1, 0.15) is 0 Å². The molecule has 0 rings (SSSR count). The Morgan fingerprint density at radius 3 is 2.47 bits per heavy atom. The zero-order valence-electron chi connectivity index (χ0n) is 9.75. The average molecular weight is 212 g/mol. The monoisotopic (exact) mass is 212 g/mol. The van der Waals surface area contributed by atoms with Crippen LogP contribution in [0, 0.1) is 5.92 Å². The Morgan fingerprint density at radius 2 is 2.07 bits per heavy atom. The van der Waals surface area contributed by atoms with Gasteiger partial charge in [0.05, 0.1) is 6.54 Å². The topological polar surface area (TPSA) is 49.4 Å². The summed E-state index contributed by atoms with van der Waals surface area (Å²) in [6.45, 7) is 10.2. The van der Waals surface area contributed by atoms with Crippen LogP contribution in [0.1, 0.15) is 20.8 Å². The summed E-state index contributed by atoms with van der Waals surface area (Å²) in [6, 6.07) is 0. The van der Waals surface area contributed by atoms with Crippen molar-refractivity contribution in [3.8, 4) is 0 Å². The van der Waals surface area contributed by atoms with E-state index in [4.69, 9.17) is 0 Å². The Hall–Kier alpha value is -1.32. The third kappa shape index (κ3) is 6.71. The van der Waals surface area contributed by atoms with Gasteiger partial charge in [-0.25, -0.2) is 0 Å². The first-order valence-electron chi connectivity index (χ1n) is 5.10. The fourth-order valence-corrected chi connectivity index (χ4v) is 1.16. The molecule has 0 aliphatic heterocycles. The molecule has 0 atom stereocenters. The molecule has 0 fully saturated rings. The number of amides is 2. The molecule has 0 aromatic carbocycles. The summed E-state index contributed by atoms with van der Waals surface area (Å²) in [6.07, 6.45) is 1.61. The quantitative estimate of drug-likeness (QED) is 0.662. The standard InChI is InChI=1S/C11H20N2O2/c1-5-6-12-11(15)8-13(10(4)14)7-9(2)3/h5,9H,1,6-8H2,2-4H3,(H,12,15). The summed E-state index contributed by atoms with van der Waals surface area (Å²) in [5, 5.41) is 2.64. The van der Waals surface area contributed by atoms with E-state index < -0.39 is 0 Å². The molecule has 0 bridgehead atoms. The highest BCUT2D eigenvalue weighted by Crippen LogP contribution is 1.98. The first kappa shape index (κ1) is 13.7. The van der Waals surface area contributed by atoms with Gasteiger partial charge in [0.15, 0.2) is 0 Å². The molecule has 0 heterocycles. The zero-order chi connectivity index (χ0) is 11.8. The predicted molar refractivity (Wildman–Crippen MR) is 60.3 cm³/mol. The molecule has 86 valence electrons. The highest BCUT2D eigenvalue weighted by Gasteiger charge is 2.13. The molecule has 0 aromatic rings. The van der Waals surface area contributed by atoms with Crippen molar-refractivity contribution in [2.45, 2.75) is 20.8 Å². The molecule has 0 spiro atoms. The molecular formula is C11H20N2O2. The Bertz CT molecular complexity index is 237. The van der Waals surface area contributed by atoms with Gasteiger partial charge in [-0.2, -0.15) is 0 Å². The maximum atomic E-state index is 11.3. The Kier molecular flexibility index (Phi) is 6.42. The van der Waals surface area contributed by atoms with Crippen molar-refractivity contribution in [1.82, 2.24) is 10.2 Å². The fourth-order valence-electron chi connectivity index (χ4n) is 1.16. The van der Waals surface area contributed by atoms with Crippen LogP contribution >= 0.6 is 0 Å². The smallest absolute Gasteiger partial charge is 0.239 e. The van der Waals surface area contributed by atoms with Crippen molar-refractivity contribution in [2.24, 2.45) is 5.92 Å². The van der Waals surface area contributed by atoms with Gasteiger partial charge in [-0.15, -0.1) is 6.58 Å². The molecule has 4 nitrogen and oxygen atoms in total. The Morgan fingerprint density at radius 1 is 1.47 bits per heavy atom. The molecule has 0 aliphatic rings. The summed E-state index contributed by atoms with van der Waals surface area (Å²) in [5.41, 5.74) is 0. The fraction of sp³-hybridized carbons (Fsp3) is 0.636. The predicted octanol–water partition coefficient (Wildman–Crippen LogP) is 0.793. The van der Waals surface area contributed by atoms with Gasteiger partial charge in [0.2, 0.25) is 11.8 Å². The van der Waals surface area contributed by atoms with E-state index in [-0.39, 0.29) is 18.4 Å². The second kappa shape index (κ2) is 7.04. The zero-order valence-corrected chi connectivity index (χ0v) is 9.75. The van der Waals surface area contributed by atoms with Gasteiger partial charge in [-0.05, 0) is 5.92 Å². The maximum Gasteiger partial charge on any atom is 0.239 e. The highest BCUT2D eigenvalue weighted by atomic mass is 16.2. The molecule has 0 aromatic heterocycles. The van der Waals surface area contributed by atoms with Gasteiger partial charge in [-0.1, -0.05) is 19.9 Å². The lowest BCUT2D eigenvalue weighted by Crippen LogP contribution is -2.41. The Labute approximate surface area is 91.3 Å². The van der Waals surface area contributed by atoms with Crippen LogP contribution in [-0.4, -0.2) is 36.3 Å². The van der Waals surface area contributed by atoms with Crippen LogP contribution in [0.5, 0.6) is 0 Å². The highest BCUT2D eigenvalue weighted by molar-refractivity contribution is 5.83. The summed E-state index contributed by atoms with van der Waals surface area (Å²) in [7, 11) is 0. The minimum absolute atomic E-state index is 0.0718. The Balaban J connectivity index is 4.10.